The van der Waals surface area contributed by atoms with Gasteiger partial charge in [0, 0.05) is 0 Å². The number of ether oxygens (including phenoxy) is 7. The molecule has 0 unspecified atom stereocenters. The molecular formula is C26H39NO11. The van der Waals surface area contributed by atoms with Crippen LogP contribution in [0.25, 0.3) is 0 Å². The number of rotatable bonds is 9. The van der Waals surface area contributed by atoms with Crippen LogP contribution in [0.3, 0.4) is 0 Å². The van der Waals surface area contributed by atoms with Crippen molar-refractivity contribution in [3.8, 4) is 11.5 Å². The van der Waals surface area contributed by atoms with E-state index in [0.717, 1.165) is 0 Å². The van der Waals surface area contributed by atoms with Gasteiger partial charge in [0.05, 0.1) is 6.61 Å². The van der Waals surface area contributed by atoms with Crippen LogP contribution in [0, 0.1) is 0 Å². The summed E-state index contributed by atoms with van der Waals surface area (Å²) in [6.45, 7) is 14.9. The van der Waals surface area contributed by atoms with Crippen LogP contribution in [0.1, 0.15) is 67.9 Å². The second-order valence-corrected chi connectivity index (χ2v) is 10.4. The molecule has 0 aromatic heterocycles. The molecule has 0 spiro atoms. The third kappa shape index (κ3) is 12.6. The lowest BCUT2D eigenvalue weighted by Crippen LogP contribution is -2.39. The van der Waals surface area contributed by atoms with E-state index in [1.165, 1.54) is 18.2 Å². The summed E-state index contributed by atoms with van der Waals surface area (Å²) in [5, 5.41) is 0. The van der Waals surface area contributed by atoms with Crippen molar-refractivity contribution < 1.29 is 52.3 Å². The van der Waals surface area contributed by atoms with Gasteiger partial charge in [0.1, 0.15) is 29.5 Å². The zero-order valence-corrected chi connectivity index (χ0v) is 23.4. The number of carbonyl (C=O) groups excluding carboxylic acids is 4. The molecule has 12 heteroatoms. The van der Waals surface area contributed by atoms with Crippen molar-refractivity contribution in [2.75, 3.05) is 6.61 Å². The van der Waals surface area contributed by atoms with Gasteiger partial charge in [-0.3, -0.25) is 4.79 Å². The summed E-state index contributed by atoms with van der Waals surface area (Å²) in [4.78, 5) is 48.5. The Balaban J connectivity index is 3.00. The predicted octanol–water partition coefficient (Wildman–Crippen LogP) is 4.68. The van der Waals surface area contributed by atoms with Crippen molar-refractivity contribution in [1.29, 1.82) is 0 Å². The quantitative estimate of drug-likeness (QED) is 0.262. The Hall–Kier alpha value is -3.54. The molecule has 38 heavy (non-hydrogen) atoms. The minimum atomic E-state index is -1.11. The third-order valence-corrected chi connectivity index (χ3v) is 4.44. The molecule has 0 bridgehead atoms. The van der Waals surface area contributed by atoms with Crippen LogP contribution in [0.15, 0.2) is 18.2 Å². The maximum absolute atomic E-state index is 12.5. The predicted molar refractivity (Wildman–Crippen MR) is 135 cm³/mol. The molecule has 0 heterocycles. The van der Waals surface area contributed by atoms with Crippen LogP contribution < -0.4 is 15.2 Å². The highest BCUT2D eigenvalue weighted by Gasteiger charge is 2.26. The lowest BCUT2D eigenvalue weighted by molar-refractivity contribution is -0.155. The number of carbonyl (C=O) groups is 4. The fraction of sp³-hybridized carbons (Fsp3) is 0.615. The second-order valence-electron chi connectivity index (χ2n) is 10.4. The summed E-state index contributed by atoms with van der Waals surface area (Å²) in [6, 6.07) is 3.17. The Morgan fingerprint density at radius 3 is 1.79 bits per heavy atom. The standard InChI is InChI=1S/C26H39NO11/c1-10-32-22(29)34-16(3)15(2)33-21(28)18(27)13-17-11-12-19(35-23(30)37-25(4,5)6)20(14-17)36-24(31)38-26(7,8)9/h11-12,14-16,18H,10,13,27H2,1-9H3/t15-,16-,18-/m0/s1. The fourth-order valence-corrected chi connectivity index (χ4v) is 2.67. The normalized spacial score (nSPS) is 13.8. The first-order chi connectivity index (χ1) is 17.4. The maximum Gasteiger partial charge on any atom is 0.514 e. The molecule has 0 aliphatic carbocycles. The van der Waals surface area contributed by atoms with Gasteiger partial charge in [-0.25, -0.2) is 14.4 Å². The van der Waals surface area contributed by atoms with Crippen LogP contribution in [-0.4, -0.2) is 60.5 Å². The van der Waals surface area contributed by atoms with Crippen LogP contribution >= 0.6 is 0 Å². The van der Waals surface area contributed by atoms with Gasteiger partial charge in [0.25, 0.3) is 0 Å². The molecule has 0 radical (unpaired) electrons. The molecule has 12 nitrogen and oxygen atoms in total. The summed E-state index contributed by atoms with van der Waals surface area (Å²) in [6.07, 6.45) is -4.50. The molecule has 1 aromatic carbocycles. The Morgan fingerprint density at radius 2 is 1.29 bits per heavy atom. The van der Waals surface area contributed by atoms with E-state index in [-0.39, 0.29) is 24.5 Å². The highest BCUT2D eigenvalue weighted by atomic mass is 16.8. The molecule has 0 aliphatic rings. The molecule has 214 valence electrons. The average Bonchev–Trinajstić information content (AvgIpc) is 2.72. The smallest absolute Gasteiger partial charge is 0.458 e. The van der Waals surface area contributed by atoms with Crippen LogP contribution in [0.4, 0.5) is 14.4 Å². The van der Waals surface area contributed by atoms with E-state index < -0.39 is 53.9 Å². The van der Waals surface area contributed by atoms with Gasteiger partial charge in [-0.05, 0) is 86.4 Å². The van der Waals surface area contributed by atoms with Gasteiger partial charge in [-0.2, -0.15) is 0 Å². The van der Waals surface area contributed by atoms with Gasteiger partial charge in [0.15, 0.2) is 11.5 Å². The van der Waals surface area contributed by atoms with E-state index >= 15 is 0 Å². The van der Waals surface area contributed by atoms with Gasteiger partial charge in [0.2, 0.25) is 0 Å². The molecule has 1 rings (SSSR count). The highest BCUT2D eigenvalue weighted by Crippen LogP contribution is 2.31. The minimum Gasteiger partial charge on any atom is -0.458 e. The lowest BCUT2D eigenvalue weighted by Gasteiger charge is -2.22. The van der Waals surface area contributed by atoms with Crippen LogP contribution in [0.5, 0.6) is 11.5 Å². The number of nitrogens with two attached hydrogens (primary N) is 1. The Morgan fingerprint density at radius 1 is 0.789 bits per heavy atom. The van der Waals surface area contributed by atoms with E-state index in [1.807, 2.05) is 0 Å². The van der Waals surface area contributed by atoms with Crippen molar-refractivity contribution in [3.63, 3.8) is 0 Å². The number of benzene rings is 1. The SMILES string of the molecule is CCOC(=O)O[C@@H](C)[C@H](C)OC(=O)[C@@H](N)Cc1ccc(OC(=O)OC(C)(C)C)c(OC(=O)OC(C)(C)C)c1. The summed E-state index contributed by atoms with van der Waals surface area (Å²) < 4.78 is 35.9. The molecule has 2 N–H and O–H groups in total. The molecule has 0 amide bonds. The minimum absolute atomic E-state index is 0.0178. The average molecular weight is 542 g/mol. The molecular weight excluding hydrogens is 502 g/mol. The Kier molecular flexibility index (Phi) is 11.8. The Labute approximate surface area is 223 Å². The summed E-state index contributed by atoms with van der Waals surface area (Å²) >= 11 is 0. The largest absolute Gasteiger partial charge is 0.514 e. The van der Waals surface area contributed by atoms with Crippen LogP contribution in [0.2, 0.25) is 0 Å². The van der Waals surface area contributed by atoms with Gasteiger partial charge in [-0.1, -0.05) is 6.07 Å². The first-order valence-electron chi connectivity index (χ1n) is 12.1. The van der Waals surface area contributed by atoms with Gasteiger partial charge in [-0.15, -0.1) is 0 Å². The first kappa shape index (κ1) is 32.5. The van der Waals surface area contributed by atoms with Crippen molar-refractivity contribution in [3.05, 3.63) is 23.8 Å². The molecule has 1 aromatic rings. The van der Waals surface area contributed by atoms with Crippen molar-refractivity contribution in [2.45, 2.75) is 98.2 Å². The first-order valence-corrected chi connectivity index (χ1v) is 12.1. The summed E-state index contributed by atoms with van der Waals surface area (Å²) in [5.41, 5.74) is 4.84. The van der Waals surface area contributed by atoms with E-state index in [2.05, 4.69) is 0 Å². The molecule has 3 atom stereocenters. The zero-order valence-electron chi connectivity index (χ0n) is 23.4. The van der Waals surface area contributed by atoms with Gasteiger partial charge < -0.3 is 38.9 Å². The van der Waals surface area contributed by atoms with Crippen molar-refractivity contribution >= 4 is 24.4 Å². The maximum atomic E-state index is 12.5. The molecule has 0 saturated heterocycles. The van der Waals surface area contributed by atoms with E-state index in [9.17, 15) is 19.2 Å². The third-order valence-electron chi connectivity index (χ3n) is 4.44. The van der Waals surface area contributed by atoms with Crippen molar-refractivity contribution in [1.82, 2.24) is 0 Å². The fourth-order valence-electron chi connectivity index (χ4n) is 2.67. The summed E-state index contributed by atoms with van der Waals surface area (Å²) in [5.74, 6) is -1.00. The highest BCUT2D eigenvalue weighted by molar-refractivity contribution is 5.76. The zero-order chi connectivity index (χ0) is 29.3. The summed E-state index contributed by atoms with van der Waals surface area (Å²) in [7, 11) is 0. The number of hydrogen-bond donors (Lipinski definition) is 1. The van der Waals surface area contributed by atoms with Gasteiger partial charge >= 0.3 is 24.4 Å². The Bertz CT molecular complexity index is 978. The van der Waals surface area contributed by atoms with Crippen molar-refractivity contribution in [2.24, 2.45) is 5.73 Å². The number of hydrogen-bond acceptors (Lipinski definition) is 12. The van der Waals surface area contributed by atoms with Crippen LogP contribution in [-0.2, 0) is 34.9 Å². The topological polar surface area (TPSA) is 159 Å². The van der Waals surface area contributed by atoms with E-state index in [1.54, 1.807) is 62.3 Å². The monoisotopic (exact) mass is 541 g/mol. The molecule has 0 fully saturated rings. The lowest BCUT2D eigenvalue weighted by atomic mass is 10.1. The number of esters is 1. The molecule has 0 aliphatic heterocycles. The van der Waals surface area contributed by atoms with E-state index in [0.29, 0.717) is 5.56 Å². The molecule has 0 saturated carbocycles. The van der Waals surface area contributed by atoms with E-state index in [4.69, 9.17) is 38.9 Å². The second kappa shape index (κ2) is 13.8.